The lowest BCUT2D eigenvalue weighted by Gasteiger charge is -2.08. The molecule has 23 heavy (non-hydrogen) atoms. The minimum atomic E-state index is -0.0329. The van der Waals surface area contributed by atoms with Crippen LogP contribution in [-0.4, -0.2) is 40.2 Å². The molecule has 0 unspecified atom stereocenters. The molecule has 1 aromatic carbocycles. The van der Waals surface area contributed by atoms with Crippen LogP contribution in [0.3, 0.4) is 0 Å². The summed E-state index contributed by atoms with van der Waals surface area (Å²) < 4.78 is 0. The van der Waals surface area contributed by atoms with Gasteiger partial charge in [0.05, 0.1) is 6.61 Å². The second-order valence-electron chi connectivity index (χ2n) is 5.69. The summed E-state index contributed by atoms with van der Waals surface area (Å²) in [5, 5.41) is 14.9. The third-order valence-corrected chi connectivity index (χ3v) is 3.59. The maximum Gasteiger partial charge on any atom is 0.251 e. The van der Waals surface area contributed by atoms with Crippen molar-refractivity contribution in [3.63, 3.8) is 0 Å². The van der Waals surface area contributed by atoms with Crippen LogP contribution < -0.4 is 10.6 Å². The van der Waals surface area contributed by atoms with E-state index in [2.05, 4.69) is 20.6 Å². The van der Waals surface area contributed by atoms with E-state index < -0.39 is 0 Å². The van der Waals surface area contributed by atoms with Gasteiger partial charge in [-0.05, 0) is 31.9 Å². The molecule has 1 aromatic heterocycles. The Kier molecular flexibility index (Phi) is 4.52. The summed E-state index contributed by atoms with van der Waals surface area (Å²) in [5.74, 6) is 1.24. The van der Waals surface area contributed by atoms with E-state index in [1.807, 2.05) is 25.1 Å². The van der Waals surface area contributed by atoms with Crippen molar-refractivity contribution in [3.05, 3.63) is 41.6 Å². The number of nitrogens with one attached hydrogen (secondary N) is 2. The minimum absolute atomic E-state index is 0.0329. The van der Waals surface area contributed by atoms with Crippen molar-refractivity contribution in [3.8, 4) is 11.4 Å². The van der Waals surface area contributed by atoms with Crippen LogP contribution in [0.25, 0.3) is 11.4 Å². The van der Waals surface area contributed by atoms with Crippen molar-refractivity contribution < 1.29 is 9.90 Å². The van der Waals surface area contributed by atoms with Gasteiger partial charge in [-0.2, -0.15) is 0 Å². The molecule has 3 rings (SSSR count). The highest BCUT2D eigenvalue weighted by molar-refractivity contribution is 5.94. The molecule has 1 amide bonds. The van der Waals surface area contributed by atoms with E-state index in [9.17, 15) is 4.79 Å². The number of carbonyl (C=O) groups is 1. The first-order valence-corrected chi connectivity index (χ1v) is 7.77. The van der Waals surface area contributed by atoms with Gasteiger partial charge in [0.25, 0.3) is 5.91 Å². The lowest BCUT2D eigenvalue weighted by atomic mass is 10.1. The Bertz CT molecular complexity index is 696. The first kappa shape index (κ1) is 15.4. The molecule has 1 aliphatic rings. The zero-order valence-electron chi connectivity index (χ0n) is 13.0. The molecule has 0 aliphatic heterocycles. The van der Waals surface area contributed by atoms with Gasteiger partial charge in [0.1, 0.15) is 5.82 Å². The maximum absolute atomic E-state index is 12.0. The van der Waals surface area contributed by atoms with Crippen molar-refractivity contribution in [1.29, 1.82) is 0 Å². The molecule has 1 heterocycles. The molecule has 1 fully saturated rings. The van der Waals surface area contributed by atoms with Gasteiger partial charge in [-0.3, -0.25) is 4.79 Å². The fourth-order valence-electron chi connectivity index (χ4n) is 2.24. The zero-order chi connectivity index (χ0) is 16.2. The molecule has 0 atom stereocenters. The second kappa shape index (κ2) is 6.75. The number of aliphatic hydroxyl groups excluding tert-OH is 1. The van der Waals surface area contributed by atoms with E-state index in [1.165, 1.54) is 0 Å². The highest BCUT2D eigenvalue weighted by Crippen LogP contribution is 2.21. The fourth-order valence-corrected chi connectivity index (χ4v) is 2.24. The quantitative estimate of drug-likeness (QED) is 0.756. The van der Waals surface area contributed by atoms with E-state index in [4.69, 9.17) is 5.11 Å². The Labute approximate surface area is 135 Å². The van der Waals surface area contributed by atoms with E-state index in [0.717, 1.165) is 24.1 Å². The van der Waals surface area contributed by atoms with Crippen molar-refractivity contribution in [1.82, 2.24) is 15.3 Å². The van der Waals surface area contributed by atoms with E-state index in [-0.39, 0.29) is 12.5 Å². The summed E-state index contributed by atoms with van der Waals surface area (Å²) in [6.07, 6.45) is 2.15. The monoisotopic (exact) mass is 312 g/mol. The van der Waals surface area contributed by atoms with Crippen molar-refractivity contribution in [2.45, 2.75) is 25.8 Å². The summed E-state index contributed by atoms with van der Waals surface area (Å²) in [6, 6.07) is 9.47. The van der Waals surface area contributed by atoms with Crippen LogP contribution in [0.2, 0.25) is 0 Å². The molecule has 6 nitrogen and oxygen atoms in total. The van der Waals surface area contributed by atoms with Gasteiger partial charge >= 0.3 is 0 Å². The summed E-state index contributed by atoms with van der Waals surface area (Å²) in [4.78, 5) is 20.9. The van der Waals surface area contributed by atoms with E-state index in [0.29, 0.717) is 29.8 Å². The lowest BCUT2D eigenvalue weighted by Crippen LogP contribution is -2.25. The Morgan fingerprint density at radius 3 is 2.65 bits per heavy atom. The van der Waals surface area contributed by atoms with Crippen LogP contribution in [0.5, 0.6) is 0 Å². The predicted octanol–water partition coefficient (Wildman–Crippen LogP) is 1.75. The third-order valence-electron chi connectivity index (χ3n) is 3.59. The van der Waals surface area contributed by atoms with Gasteiger partial charge in [0.15, 0.2) is 5.82 Å². The van der Waals surface area contributed by atoms with Gasteiger partial charge in [-0.25, -0.2) is 9.97 Å². The first-order valence-electron chi connectivity index (χ1n) is 7.77. The molecular weight excluding hydrogens is 292 g/mol. The summed E-state index contributed by atoms with van der Waals surface area (Å²) in [6.45, 7) is 2.38. The maximum atomic E-state index is 12.0. The minimum Gasteiger partial charge on any atom is -0.395 e. The van der Waals surface area contributed by atoms with Gasteiger partial charge in [0, 0.05) is 35.5 Å². The fraction of sp³-hybridized carbons (Fsp3) is 0.353. The largest absolute Gasteiger partial charge is 0.395 e. The van der Waals surface area contributed by atoms with Gasteiger partial charge in [-0.1, -0.05) is 12.1 Å². The third kappa shape index (κ3) is 4.04. The summed E-state index contributed by atoms with van der Waals surface area (Å²) in [7, 11) is 0. The number of carbonyl (C=O) groups excluding carboxylic acids is 1. The topological polar surface area (TPSA) is 87.1 Å². The Morgan fingerprint density at radius 2 is 2.00 bits per heavy atom. The van der Waals surface area contributed by atoms with Gasteiger partial charge in [0.2, 0.25) is 0 Å². The predicted molar refractivity (Wildman–Crippen MR) is 88.3 cm³/mol. The number of nitrogens with zero attached hydrogens (tertiary/aromatic N) is 2. The number of hydrogen-bond donors (Lipinski definition) is 3. The highest BCUT2D eigenvalue weighted by atomic mass is 16.3. The molecular formula is C17H20N4O2. The molecule has 0 bridgehead atoms. The Hall–Kier alpha value is -2.47. The van der Waals surface area contributed by atoms with E-state index >= 15 is 0 Å². The molecule has 3 N–H and O–H groups in total. The molecule has 2 aromatic rings. The van der Waals surface area contributed by atoms with E-state index in [1.54, 1.807) is 12.1 Å². The van der Waals surface area contributed by atoms with Gasteiger partial charge in [-0.15, -0.1) is 0 Å². The number of anilines is 1. The summed E-state index contributed by atoms with van der Waals surface area (Å²) in [5.41, 5.74) is 2.33. The van der Waals surface area contributed by atoms with Crippen LogP contribution in [0.1, 0.15) is 28.9 Å². The second-order valence-corrected chi connectivity index (χ2v) is 5.69. The van der Waals surface area contributed by atoms with Gasteiger partial charge < -0.3 is 15.7 Å². The highest BCUT2D eigenvalue weighted by Gasteiger charge is 2.23. The molecule has 0 saturated heterocycles. The Morgan fingerprint density at radius 1 is 1.26 bits per heavy atom. The smallest absolute Gasteiger partial charge is 0.251 e. The SMILES string of the molecule is Cc1cc(NCCO)nc(-c2ccc(C(=O)NC3CC3)cc2)n1. The number of aromatic nitrogens is 2. The molecule has 120 valence electrons. The summed E-state index contributed by atoms with van der Waals surface area (Å²) >= 11 is 0. The van der Waals surface area contributed by atoms with Crippen LogP contribution in [0.4, 0.5) is 5.82 Å². The average molecular weight is 312 g/mol. The number of hydrogen-bond acceptors (Lipinski definition) is 5. The van der Waals surface area contributed by atoms with Crippen molar-refractivity contribution >= 4 is 11.7 Å². The normalized spacial score (nSPS) is 13.7. The van der Waals surface area contributed by atoms with Crippen molar-refractivity contribution in [2.24, 2.45) is 0 Å². The molecule has 0 spiro atoms. The number of aryl methyl sites for hydroxylation is 1. The number of amides is 1. The molecule has 1 saturated carbocycles. The zero-order valence-corrected chi connectivity index (χ0v) is 13.0. The standard InChI is InChI=1S/C17H20N4O2/c1-11-10-15(18-8-9-22)21-16(19-11)12-2-4-13(5-3-12)17(23)20-14-6-7-14/h2-5,10,14,22H,6-9H2,1H3,(H,20,23)(H,18,19,21). The first-order chi connectivity index (χ1) is 11.2. The average Bonchev–Trinajstić information content (AvgIpc) is 3.36. The van der Waals surface area contributed by atoms with Crippen molar-refractivity contribution in [2.75, 3.05) is 18.5 Å². The lowest BCUT2D eigenvalue weighted by molar-refractivity contribution is 0.0951. The van der Waals surface area contributed by atoms with Crippen LogP contribution in [0, 0.1) is 6.92 Å². The van der Waals surface area contributed by atoms with Crippen LogP contribution >= 0.6 is 0 Å². The number of benzene rings is 1. The number of rotatable bonds is 6. The molecule has 1 aliphatic carbocycles. The van der Waals surface area contributed by atoms with Crippen LogP contribution in [-0.2, 0) is 0 Å². The molecule has 0 radical (unpaired) electrons. The van der Waals surface area contributed by atoms with Crippen LogP contribution in [0.15, 0.2) is 30.3 Å². The Balaban J connectivity index is 1.78. The molecule has 6 heteroatoms. The number of aliphatic hydroxyl groups is 1.